The first-order valence-electron chi connectivity index (χ1n) is 5.35. The smallest absolute Gasteiger partial charge is 0.148 e. The van der Waals surface area contributed by atoms with Crippen LogP contribution >= 0.6 is 23.2 Å². The van der Waals surface area contributed by atoms with Crippen LogP contribution < -0.4 is 9.47 Å². The van der Waals surface area contributed by atoms with Gasteiger partial charge in [-0.3, -0.25) is 0 Å². The van der Waals surface area contributed by atoms with Crippen LogP contribution in [0, 0.1) is 11.3 Å². The van der Waals surface area contributed by atoms with E-state index in [-0.39, 0.29) is 0 Å². The molecule has 0 aliphatic rings. The second-order valence-electron chi connectivity index (χ2n) is 3.65. The fourth-order valence-corrected chi connectivity index (χ4v) is 1.76. The van der Waals surface area contributed by atoms with Crippen LogP contribution in [0.1, 0.15) is 5.56 Å². The molecule has 5 heteroatoms. The molecule has 0 atom stereocenters. The highest BCUT2D eigenvalue weighted by molar-refractivity contribution is 6.42. The van der Waals surface area contributed by atoms with Gasteiger partial charge in [0.15, 0.2) is 0 Å². The number of ether oxygens (including phenoxy) is 2. The summed E-state index contributed by atoms with van der Waals surface area (Å²) in [5, 5.41) is 9.87. The average Bonchev–Trinajstić information content (AvgIpc) is 2.43. The fraction of sp³-hybridized carbons (Fsp3) is 0.0714. The predicted octanol–water partition coefficient (Wildman–Crippen LogP) is 4.67. The molecule has 2 rings (SSSR count). The van der Waals surface area contributed by atoms with Crippen molar-refractivity contribution in [3.05, 3.63) is 52.0 Å². The highest BCUT2D eigenvalue weighted by Gasteiger charge is 2.08. The monoisotopic (exact) mass is 293 g/mol. The molecule has 19 heavy (non-hydrogen) atoms. The number of benzene rings is 2. The van der Waals surface area contributed by atoms with Crippen LogP contribution in [0.15, 0.2) is 36.4 Å². The Hall–Kier alpha value is -1.89. The Morgan fingerprint density at radius 3 is 2.37 bits per heavy atom. The minimum absolute atomic E-state index is 0.389. The van der Waals surface area contributed by atoms with Crippen molar-refractivity contribution in [1.29, 1.82) is 5.26 Å². The van der Waals surface area contributed by atoms with E-state index in [1.54, 1.807) is 43.5 Å². The lowest BCUT2D eigenvalue weighted by Gasteiger charge is -2.09. The van der Waals surface area contributed by atoms with Crippen molar-refractivity contribution in [2.24, 2.45) is 0 Å². The first-order chi connectivity index (χ1) is 9.13. The number of nitriles is 1. The highest BCUT2D eigenvalue weighted by Crippen LogP contribution is 2.32. The molecule has 0 saturated carbocycles. The van der Waals surface area contributed by atoms with E-state index in [0.29, 0.717) is 32.9 Å². The van der Waals surface area contributed by atoms with Crippen molar-refractivity contribution in [3.8, 4) is 23.3 Å². The largest absolute Gasteiger partial charge is 0.497 e. The third-order valence-corrected chi connectivity index (χ3v) is 3.17. The van der Waals surface area contributed by atoms with E-state index in [4.69, 9.17) is 37.9 Å². The molecule has 0 fully saturated rings. The van der Waals surface area contributed by atoms with Gasteiger partial charge in [0.25, 0.3) is 0 Å². The lowest BCUT2D eigenvalue weighted by atomic mass is 10.2. The molecule has 0 bridgehead atoms. The number of methoxy groups -OCH3 is 1. The van der Waals surface area contributed by atoms with Gasteiger partial charge in [0.1, 0.15) is 23.3 Å². The fourth-order valence-electron chi connectivity index (χ4n) is 1.47. The minimum atomic E-state index is 0.389. The minimum Gasteiger partial charge on any atom is -0.497 e. The van der Waals surface area contributed by atoms with Crippen LogP contribution in [0.25, 0.3) is 0 Å². The quantitative estimate of drug-likeness (QED) is 0.826. The Morgan fingerprint density at radius 1 is 1.00 bits per heavy atom. The van der Waals surface area contributed by atoms with Gasteiger partial charge < -0.3 is 9.47 Å². The predicted molar refractivity (Wildman–Crippen MR) is 74.2 cm³/mol. The van der Waals surface area contributed by atoms with Crippen LogP contribution in [-0.4, -0.2) is 7.11 Å². The Kier molecular flexibility index (Phi) is 4.16. The summed E-state index contributed by atoms with van der Waals surface area (Å²) in [7, 11) is 1.55. The zero-order valence-electron chi connectivity index (χ0n) is 9.98. The number of nitrogens with zero attached hydrogens (tertiary/aromatic N) is 1. The van der Waals surface area contributed by atoms with E-state index in [9.17, 15) is 0 Å². The summed E-state index contributed by atoms with van der Waals surface area (Å²) in [6.45, 7) is 0. The second kappa shape index (κ2) is 5.83. The Bertz CT molecular complexity index is 650. The van der Waals surface area contributed by atoms with Crippen molar-refractivity contribution < 1.29 is 9.47 Å². The number of hydrogen-bond acceptors (Lipinski definition) is 3. The molecular formula is C14H9Cl2NO2. The Labute approximate surface area is 120 Å². The number of hydrogen-bond donors (Lipinski definition) is 0. The normalized spacial score (nSPS) is 9.79. The zero-order chi connectivity index (χ0) is 13.8. The Balaban J connectivity index is 2.36. The summed E-state index contributed by atoms with van der Waals surface area (Å²) in [5.74, 6) is 1.51. The number of halogens is 2. The maximum absolute atomic E-state index is 9.04. The van der Waals surface area contributed by atoms with Crippen molar-refractivity contribution in [3.63, 3.8) is 0 Å². The Morgan fingerprint density at radius 2 is 1.74 bits per heavy atom. The first-order valence-corrected chi connectivity index (χ1v) is 6.10. The number of rotatable bonds is 3. The van der Waals surface area contributed by atoms with E-state index >= 15 is 0 Å². The molecule has 0 heterocycles. The van der Waals surface area contributed by atoms with Crippen molar-refractivity contribution >= 4 is 23.2 Å². The zero-order valence-corrected chi connectivity index (χ0v) is 11.5. The third-order valence-electron chi connectivity index (χ3n) is 2.43. The first kappa shape index (κ1) is 13.5. The molecule has 2 aromatic carbocycles. The molecule has 0 saturated heterocycles. The molecule has 0 amide bonds. The van der Waals surface area contributed by atoms with Crippen LogP contribution in [0.2, 0.25) is 10.0 Å². The summed E-state index contributed by atoms with van der Waals surface area (Å²) >= 11 is 11.7. The van der Waals surface area contributed by atoms with Crippen molar-refractivity contribution in [2.75, 3.05) is 7.11 Å². The SMILES string of the molecule is COc1ccc(C#N)c(Oc2ccc(Cl)c(Cl)c2)c1. The van der Waals surface area contributed by atoms with E-state index in [1.165, 1.54) is 0 Å². The van der Waals surface area contributed by atoms with Gasteiger partial charge in [-0.2, -0.15) is 5.26 Å². The van der Waals surface area contributed by atoms with Gasteiger partial charge in [0, 0.05) is 12.1 Å². The molecule has 0 aliphatic heterocycles. The summed E-state index contributed by atoms with van der Waals surface area (Å²) < 4.78 is 10.7. The summed E-state index contributed by atoms with van der Waals surface area (Å²) in [4.78, 5) is 0. The molecule has 3 nitrogen and oxygen atoms in total. The topological polar surface area (TPSA) is 42.2 Å². The van der Waals surface area contributed by atoms with Gasteiger partial charge in [-0.05, 0) is 24.3 Å². The van der Waals surface area contributed by atoms with Gasteiger partial charge in [0.2, 0.25) is 0 Å². The van der Waals surface area contributed by atoms with E-state index < -0.39 is 0 Å². The van der Waals surface area contributed by atoms with E-state index in [0.717, 1.165) is 0 Å². The van der Waals surface area contributed by atoms with Crippen molar-refractivity contribution in [2.45, 2.75) is 0 Å². The van der Waals surface area contributed by atoms with Crippen LogP contribution in [0.4, 0.5) is 0 Å². The molecule has 0 N–H and O–H groups in total. The molecule has 96 valence electrons. The molecule has 0 radical (unpaired) electrons. The lowest BCUT2D eigenvalue weighted by molar-refractivity contribution is 0.409. The molecule has 0 aromatic heterocycles. The van der Waals surface area contributed by atoms with Gasteiger partial charge >= 0.3 is 0 Å². The van der Waals surface area contributed by atoms with Crippen LogP contribution in [0.3, 0.4) is 0 Å². The van der Waals surface area contributed by atoms with Gasteiger partial charge in [-0.15, -0.1) is 0 Å². The van der Waals surface area contributed by atoms with Crippen LogP contribution in [0.5, 0.6) is 17.2 Å². The molecule has 2 aromatic rings. The maximum atomic E-state index is 9.04. The summed E-state index contributed by atoms with van der Waals surface area (Å²) in [5.41, 5.74) is 0.409. The maximum Gasteiger partial charge on any atom is 0.148 e. The lowest BCUT2D eigenvalue weighted by Crippen LogP contribution is -1.90. The van der Waals surface area contributed by atoms with Crippen molar-refractivity contribution in [1.82, 2.24) is 0 Å². The van der Waals surface area contributed by atoms with E-state index in [1.807, 2.05) is 0 Å². The second-order valence-corrected chi connectivity index (χ2v) is 4.47. The average molecular weight is 294 g/mol. The summed E-state index contributed by atoms with van der Waals surface area (Å²) in [6.07, 6.45) is 0. The van der Waals surface area contributed by atoms with Gasteiger partial charge in [0.05, 0.1) is 22.7 Å². The summed E-state index contributed by atoms with van der Waals surface area (Å²) in [6, 6.07) is 11.9. The molecule has 0 unspecified atom stereocenters. The highest BCUT2D eigenvalue weighted by atomic mass is 35.5. The van der Waals surface area contributed by atoms with Gasteiger partial charge in [-0.25, -0.2) is 0 Å². The van der Waals surface area contributed by atoms with E-state index in [2.05, 4.69) is 6.07 Å². The standard InChI is InChI=1S/C14H9Cl2NO2/c1-18-10-3-2-9(8-17)14(7-10)19-11-4-5-12(15)13(16)6-11/h2-7H,1H3. The third kappa shape index (κ3) is 3.11. The molecular weight excluding hydrogens is 285 g/mol. The molecule has 0 aliphatic carbocycles. The molecule has 0 spiro atoms. The van der Waals surface area contributed by atoms with Gasteiger partial charge in [-0.1, -0.05) is 23.2 Å². The van der Waals surface area contributed by atoms with Crippen LogP contribution in [-0.2, 0) is 0 Å².